The Balaban J connectivity index is 1.30. The van der Waals surface area contributed by atoms with Crippen molar-refractivity contribution in [1.29, 1.82) is 0 Å². The van der Waals surface area contributed by atoms with E-state index in [9.17, 15) is 9.18 Å². The molecule has 0 bridgehead atoms. The Morgan fingerprint density at radius 2 is 1.67 bits per heavy atom. The SMILES string of the molecule is COc1cc([C@H](CC(=O)NCCN2CCOCC2)c2cn(Cc3ccc(F)cc3)c3ccccc23)ccc1OCc1ccccc1. The molecule has 6 rings (SSSR count). The van der Waals surface area contributed by atoms with Gasteiger partial charge >= 0.3 is 0 Å². The molecule has 1 amide bonds. The third-order valence-corrected chi connectivity index (χ3v) is 8.53. The molecule has 5 aromatic rings. The zero-order valence-electron chi connectivity index (χ0n) is 26.2. The molecular formula is C38H40FN3O4. The largest absolute Gasteiger partial charge is 0.493 e. The molecule has 238 valence electrons. The van der Waals surface area contributed by atoms with Gasteiger partial charge < -0.3 is 24.1 Å². The molecule has 1 aliphatic rings. The summed E-state index contributed by atoms with van der Waals surface area (Å²) in [5, 5.41) is 4.23. The topological polar surface area (TPSA) is 65.0 Å². The quantitative estimate of drug-likeness (QED) is 0.165. The predicted octanol–water partition coefficient (Wildman–Crippen LogP) is 6.39. The van der Waals surface area contributed by atoms with Crippen molar-refractivity contribution in [3.8, 4) is 11.5 Å². The van der Waals surface area contributed by atoms with Crippen molar-refractivity contribution in [3.63, 3.8) is 0 Å². The van der Waals surface area contributed by atoms with Gasteiger partial charge in [-0.05, 0) is 52.6 Å². The summed E-state index contributed by atoms with van der Waals surface area (Å²) < 4.78 is 33.2. The van der Waals surface area contributed by atoms with E-state index in [1.807, 2.05) is 72.8 Å². The molecule has 1 N–H and O–H groups in total. The Kier molecular flexibility index (Phi) is 10.3. The average molecular weight is 622 g/mol. The van der Waals surface area contributed by atoms with Crippen LogP contribution in [0.2, 0.25) is 0 Å². The smallest absolute Gasteiger partial charge is 0.220 e. The number of methoxy groups -OCH3 is 1. The van der Waals surface area contributed by atoms with Gasteiger partial charge in [-0.1, -0.05) is 66.7 Å². The van der Waals surface area contributed by atoms with E-state index in [1.165, 1.54) is 12.1 Å². The molecule has 7 nitrogen and oxygen atoms in total. The van der Waals surface area contributed by atoms with Crippen molar-refractivity contribution >= 4 is 16.8 Å². The van der Waals surface area contributed by atoms with Crippen molar-refractivity contribution in [1.82, 2.24) is 14.8 Å². The number of para-hydroxylation sites is 1. The molecule has 4 aromatic carbocycles. The molecule has 2 heterocycles. The lowest BCUT2D eigenvalue weighted by molar-refractivity contribution is -0.121. The minimum absolute atomic E-state index is 0.0167. The number of carbonyl (C=O) groups excluding carboxylic acids is 1. The van der Waals surface area contributed by atoms with Crippen molar-refractivity contribution in [2.45, 2.75) is 25.5 Å². The number of nitrogens with one attached hydrogen (secondary N) is 1. The van der Waals surface area contributed by atoms with Crippen LogP contribution in [0.15, 0.2) is 103 Å². The van der Waals surface area contributed by atoms with Crippen LogP contribution < -0.4 is 14.8 Å². The zero-order valence-corrected chi connectivity index (χ0v) is 26.2. The van der Waals surface area contributed by atoms with E-state index in [1.54, 1.807) is 7.11 Å². The van der Waals surface area contributed by atoms with Crippen LogP contribution in [0, 0.1) is 5.82 Å². The van der Waals surface area contributed by atoms with Crippen LogP contribution in [-0.4, -0.2) is 61.9 Å². The van der Waals surface area contributed by atoms with Crippen molar-refractivity contribution in [2.75, 3.05) is 46.5 Å². The Labute approximate surface area is 269 Å². The van der Waals surface area contributed by atoms with Crippen LogP contribution in [0.5, 0.6) is 11.5 Å². The Bertz CT molecular complexity index is 1730. The van der Waals surface area contributed by atoms with Crippen LogP contribution >= 0.6 is 0 Å². The van der Waals surface area contributed by atoms with Gasteiger partial charge in [0.15, 0.2) is 11.5 Å². The lowest BCUT2D eigenvalue weighted by Gasteiger charge is -2.26. The molecule has 46 heavy (non-hydrogen) atoms. The lowest BCUT2D eigenvalue weighted by atomic mass is 9.87. The molecule has 1 aromatic heterocycles. The highest BCUT2D eigenvalue weighted by atomic mass is 19.1. The standard InChI is InChI=1S/C38H40FN3O4/c1-44-37-23-30(13-16-36(37)46-27-29-7-3-2-4-8-29)33(24-38(43)40-17-18-41-19-21-45-22-20-41)34-26-42(35-10-6-5-9-32(34)35)25-28-11-14-31(39)15-12-28/h2-16,23,26,33H,17-22,24-25,27H2,1H3,(H,40,43)/t33-/m0/s1. The third-order valence-electron chi connectivity index (χ3n) is 8.53. The molecule has 0 spiro atoms. The second kappa shape index (κ2) is 15.1. The van der Waals surface area contributed by atoms with Crippen LogP contribution in [0.25, 0.3) is 10.9 Å². The number of benzene rings is 4. The fourth-order valence-electron chi connectivity index (χ4n) is 6.07. The van der Waals surface area contributed by atoms with Gasteiger partial charge in [0.25, 0.3) is 0 Å². The van der Waals surface area contributed by atoms with Gasteiger partial charge in [-0.3, -0.25) is 9.69 Å². The Morgan fingerprint density at radius 1 is 0.913 bits per heavy atom. The summed E-state index contributed by atoms with van der Waals surface area (Å²) >= 11 is 0. The monoisotopic (exact) mass is 621 g/mol. The number of ether oxygens (including phenoxy) is 3. The molecule has 1 atom stereocenters. The van der Waals surface area contributed by atoms with Gasteiger partial charge in [0, 0.05) is 62.2 Å². The second-order valence-corrected chi connectivity index (χ2v) is 11.6. The third kappa shape index (κ3) is 7.76. The number of carbonyl (C=O) groups is 1. The first-order valence-corrected chi connectivity index (χ1v) is 15.8. The number of hydrogen-bond donors (Lipinski definition) is 1. The van der Waals surface area contributed by atoms with Gasteiger partial charge in [0.1, 0.15) is 12.4 Å². The van der Waals surface area contributed by atoms with Gasteiger partial charge in [0.2, 0.25) is 5.91 Å². The van der Waals surface area contributed by atoms with Crippen LogP contribution in [0.3, 0.4) is 0 Å². The van der Waals surface area contributed by atoms with Gasteiger partial charge in [-0.2, -0.15) is 0 Å². The molecule has 0 saturated carbocycles. The molecule has 1 saturated heterocycles. The van der Waals surface area contributed by atoms with Crippen molar-refractivity contribution < 1.29 is 23.4 Å². The highest BCUT2D eigenvalue weighted by molar-refractivity contribution is 5.87. The summed E-state index contributed by atoms with van der Waals surface area (Å²) in [5.41, 5.74) is 5.11. The normalized spacial score (nSPS) is 14.2. The molecule has 8 heteroatoms. The molecule has 0 aliphatic carbocycles. The van der Waals surface area contributed by atoms with Crippen LogP contribution in [0.1, 0.15) is 34.6 Å². The fourth-order valence-corrected chi connectivity index (χ4v) is 6.07. The van der Waals surface area contributed by atoms with E-state index in [4.69, 9.17) is 14.2 Å². The molecule has 1 aliphatic heterocycles. The van der Waals surface area contributed by atoms with E-state index >= 15 is 0 Å². The number of halogens is 1. The molecular weight excluding hydrogens is 581 g/mol. The number of aromatic nitrogens is 1. The first-order chi connectivity index (χ1) is 22.6. The minimum atomic E-state index is -0.258. The predicted molar refractivity (Wildman–Crippen MR) is 178 cm³/mol. The van der Waals surface area contributed by atoms with Crippen LogP contribution in [0.4, 0.5) is 4.39 Å². The maximum atomic E-state index is 13.6. The molecule has 0 unspecified atom stereocenters. The summed E-state index contributed by atoms with van der Waals surface area (Å²) in [6.07, 6.45) is 2.40. The van der Waals surface area contributed by atoms with E-state index in [-0.39, 0.29) is 24.1 Å². The fraction of sp³-hybridized carbons (Fsp3) is 0.289. The van der Waals surface area contributed by atoms with E-state index < -0.39 is 0 Å². The van der Waals surface area contributed by atoms with E-state index in [0.717, 1.165) is 66.0 Å². The summed E-state index contributed by atoms with van der Waals surface area (Å²) in [7, 11) is 1.64. The van der Waals surface area contributed by atoms with Crippen molar-refractivity contribution in [3.05, 3.63) is 131 Å². The summed E-state index contributed by atoms with van der Waals surface area (Å²) in [5.74, 6) is 0.729. The number of rotatable bonds is 13. The van der Waals surface area contributed by atoms with Crippen molar-refractivity contribution in [2.24, 2.45) is 0 Å². The average Bonchev–Trinajstić information content (AvgIpc) is 3.46. The highest BCUT2D eigenvalue weighted by Crippen LogP contribution is 2.39. The summed E-state index contributed by atoms with van der Waals surface area (Å²) in [6, 6.07) is 30.8. The Morgan fingerprint density at radius 3 is 2.46 bits per heavy atom. The molecule has 0 radical (unpaired) electrons. The molecule has 1 fully saturated rings. The second-order valence-electron chi connectivity index (χ2n) is 11.6. The van der Waals surface area contributed by atoms with Gasteiger partial charge in [-0.25, -0.2) is 4.39 Å². The number of nitrogens with zero attached hydrogens (tertiary/aromatic N) is 2. The number of fused-ring (bicyclic) bond motifs is 1. The number of hydrogen-bond acceptors (Lipinski definition) is 5. The maximum absolute atomic E-state index is 13.6. The van der Waals surface area contributed by atoms with E-state index in [2.05, 4.69) is 33.1 Å². The summed E-state index contributed by atoms with van der Waals surface area (Å²) in [6.45, 7) is 5.58. The number of morpholine rings is 1. The minimum Gasteiger partial charge on any atom is -0.493 e. The van der Waals surface area contributed by atoms with E-state index in [0.29, 0.717) is 31.2 Å². The first-order valence-electron chi connectivity index (χ1n) is 15.8. The Hall–Kier alpha value is -4.66. The van der Waals surface area contributed by atoms with Gasteiger partial charge in [0.05, 0.1) is 20.3 Å². The number of amides is 1. The van der Waals surface area contributed by atoms with Gasteiger partial charge in [-0.15, -0.1) is 0 Å². The van der Waals surface area contributed by atoms with Crippen LogP contribution in [-0.2, 0) is 22.7 Å². The highest BCUT2D eigenvalue weighted by Gasteiger charge is 2.24. The summed E-state index contributed by atoms with van der Waals surface area (Å²) in [4.78, 5) is 15.8. The zero-order chi connectivity index (χ0) is 31.7. The maximum Gasteiger partial charge on any atom is 0.220 e. The first kappa shape index (κ1) is 31.3. The lowest BCUT2D eigenvalue weighted by Crippen LogP contribution is -2.41.